The molecule has 0 spiro atoms. The van der Waals surface area contributed by atoms with Gasteiger partial charge in [0.1, 0.15) is 0 Å². The van der Waals surface area contributed by atoms with Crippen molar-refractivity contribution in [1.82, 2.24) is 5.32 Å². The maximum Gasteiger partial charge on any atom is 0.239 e. The van der Waals surface area contributed by atoms with Gasteiger partial charge in [-0.1, -0.05) is 28.8 Å². The summed E-state index contributed by atoms with van der Waals surface area (Å²) in [5.74, 6) is 0.0637. The van der Waals surface area contributed by atoms with E-state index in [0.717, 1.165) is 27.5 Å². The van der Waals surface area contributed by atoms with E-state index >= 15 is 0 Å². The molecule has 1 fully saturated rings. The fourth-order valence-electron chi connectivity index (χ4n) is 2.16. The van der Waals surface area contributed by atoms with Gasteiger partial charge < -0.3 is 10.6 Å². The van der Waals surface area contributed by atoms with Crippen LogP contribution in [0.1, 0.15) is 25.7 Å². The van der Waals surface area contributed by atoms with E-state index in [-0.39, 0.29) is 5.91 Å². The smallest absolute Gasteiger partial charge is 0.239 e. The molecule has 18 heavy (non-hydrogen) atoms. The lowest BCUT2D eigenvalue weighted by molar-refractivity contribution is -0.120. The minimum atomic E-state index is 0.0637. The van der Waals surface area contributed by atoms with Crippen LogP contribution >= 0.6 is 31.9 Å². The van der Waals surface area contributed by atoms with Gasteiger partial charge in [0.15, 0.2) is 0 Å². The molecule has 98 valence electrons. The first-order valence-corrected chi connectivity index (χ1v) is 7.72. The van der Waals surface area contributed by atoms with E-state index in [4.69, 9.17) is 0 Å². The van der Waals surface area contributed by atoms with E-state index in [9.17, 15) is 4.79 Å². The van der Waals surface area contributed by atoms with Crippen molar-refractivity contribution in [2.24, 2.45) is 0 Å². The van der Waals surface area contributed by atoms with Gasteiger partial charge in [0.05, 0.1) is 6.54 Å². The fourth-order valence-corrected chi connectivity index (χ4v) is 2.91. The number of nitrogens with one attached hydrogen (secondary N) is 2. The molecule has 1 aromatic carbocycles. The van der Waals surface area contributed by atoms with Crippen LogP contribution in [0.3, 0.4) is 0 Å². The largest absolute Gasteiger partial charge is 0.375 e. The van der Waals surface area contributed by atoms with Crippen LogP contribution in [0.2, 0.25) is 0 Å². The molecule has 1 saturated carbocycles. The lowest BCUT2D eigenvalue weighted by Crippen LogP contribution is -2.36. The van der Waals surface area contributed by atoms with Crippen molar-refractivity contribution < 1.29 is 4.79 Å². The van der Waals surface area contributed by atoms with Crippen LogP contribution in [-0.4, -0.2) is 18.5 Å². The third-order valence-corrected chi connectivity index (χ3v) is 4.27. The number of benzene rings is 1. The molecule has 0 radical (unpaired) electrons. The molecule has 0 aliphatic heterocycles. The van der Waals surface area contributed by atoms with E-state index in [2.05, 4.69) is 42.5 Å². The molecular weight excluding hydrogens is 360 g/mol. The summed E-state index contributed by atoms with van der Waals surface area (Å²) in [5, 5.41) is 6.19. The van der Waals surface area contributed by atoms with Crippen molar-refractivity contribution in [3.05, 3.63) is 27.1 Å². The van der Waals surface area contributed by atoms with Crippen molar-refractivity contribution in [2.45, 2.75) is 31.7 Å². The minimum Gasteiger partial charge on any atom is -0.375 e. The quantitative estimate of drug-likeness (QED) is 0.842. The lowest BCUT2D eigenvalue weighted by atomic mass is 10.2. The molecule has 1 aliphatic carbocycles. The molecule has 0 atom stereocenters. The summed E-state index contributed by atoms with van der Waals surface area (Å²) in [4.78, 5) is 11.8. The number of anilines is 1. The van der Waals surface area contributed by atoms with Crippen molar-refractivity contribution in [1.29, 1.82) is 0 Å². The van der Waals surface area contributed by atoms with E-state index < -0.39 is 0 Å². The molecular formula is C13H16Br2N2O. The maximum atomic E-state index is 11.8. The Balaban J connectivity index is 1.83. The topological polar surface area (TPSA) is 41.1 Å². The van der Waals surface area contributed by atoms with Gasteiger partial charge in [0.25, 0.3) is 0 Å². The van der Waals surface area contributed by atoms with Gasteiger partial charge in [0.2, 0.25) is 5.91 Å². The highest BCUT2D eigenvalue weighted by Crippen LogP contribution is 2.25. The second-order valence-corrected chi connectivity index (χ2v) is 6.30. The summed E-state index contributed by atoms with van der Waals surface area (Å²) < 4.78 is 1.95. The summed E-state index contributed by atoms with van der Waals surface area (Å²) in [6.07, 6.45) is 4.70. The standard InChI is InChI=1S/C13H16Br2N2O/c14-9-5-6-11(15)12(7-9)16-8-13(18)17-10-3-1-2-4-10/h5-7,10,16H,1-4,8H2,(H,17,18). The third kappa shape index (κ3) is 3.99. The van der Waals surface area contributed by atoms with Crippen LogP contribution in [0.25, 0.3) is 0 Å². The van der Waals surface area contributed by atoms with Gasteiger partial charge in [-0.05, 0) is 47.0 Å². The lowest BCUT2D eigenvalue weighted by Gasteiger charge is -2.13. The van der Waals surface area contributed by atoms with Crippen molar-refractivity contribution in [3.8, 4) is 0 Å². The van der Waals surface area contributed by atoms with Crippen LogP contribution in [0.5, 0.6) is 0 Å². The second-order valence-electron chi connectivity index (χ2n) is 4.53. The molecule has 0 aromatic heterocycles. The normalized spacial score (nSPS) is 15.7. The Labute approximate surface area is 124 Å². The van der Waals surface area contributed by atoms with Crippen LogP contribution in [0.15, 0.2) is 27.1 Å². The molecule has 1 amide bonds. The predicted molar refractivity (Wildman–Crippen MR) is 80.7 cm³/mol. The highest BCUT2D eigenvalue weighted by atomic mass is 79.9. The van der Waals surface area contributed by atoms with Gasteiger partial charge in [-0.25, -0.2) is 0 Å². The summed E-state index contributed by atoms with van der Waals surface area (Å²) in [5.41, 5.74) is 0.922. The van der Waals surface area contributed by atoms with Crippen LogP contribution < -0.4 is 10.6 Å². The van der Waals surface area contributed by atoms with Crippen LogP contribution in [0.4, 0.5) is 5.69 Å². The second kappa shape index (κ2) is 6.57. The Morgan fingerprint density at radius 1 is 1.28 bits per heavy atom. The van der Waals surface area contributed by atoms with E-state index in [1.807, 2.05) is 18.2 Å². The van der Waals surface area contributed by atoms with Gasteiger partial charge in [-0.2, -0.15) is 0 Å². The first-order chi connectivity index (χ1) is 8.65. The Morgan fingerprint density at radius 3 is 2.72 bits per heavy atom. The zero-order valence-corrected chi connectivity index (χ0v) is 13.2. The number of hydrogen-bond acceptors (Lipinski definition) is 2. The van der Waals surface area contributed by atoms with Gasteiger partial charge >= 0.3 is 0 Å². The number of carbonyl (C=O) groups is 1. The molecule has 3 nitrogen and oxygen atoms in total. The zero-order chi connectivity index (χ0) is 13.0. The SMILES string of the molecule is O=C(CNc1cc(Br)ccc1Br)NC1CCCC1. The summed E-state index contributed by atoms with van der Waals surface area (Å²) in [6.45, 7) is 0.311. The van der Waals surface area contributed by atoms with Gasteiger partial charge in [-0.3, -0.25) is 4.79 Å². The van der Waals surface area contributed by atoms with E-state index in [1.165, 1.54) is 12.8 Å². The van der Waals surface area contributed by atoms with Crippen molar-refractivity contribution in [3.63, 3.8) is 0 Å². The van der Waals surface area contributed by atoms with Gasteiger partial charge in [-0.15, -0.1) is 0 Å². The summed E-state index contributed by atoms with van der Waals surface area (Å²) in [6, 6.07) is 6.23. The fraction of sp³-hybridized carbons (Fsp3) is 0.462. The molecule has 0 heterocycles. The molecule has 1 aromatic rings. The van der Waals surface area contributed by atoms with Crippen LogP contribution in [0, 0.1) is 0 Å². The maximum absolute atomic E-state index is 11.8. The number of hydrogen-bond donors (Lipinski definition) is 2. The van der Waals surface area contributed by atoms with Crippen molar-refractivity contribution >= 4 is 43.5 Å². The molecule has 5 heteroatoms. The Bertz CT molecular complexity index is 431. The molecule has 1 aliphatic rings. The summed E-state index contributed by atoms with van der Waals surface area (Å²) in [7, 11) is 0. The minimum absolute atomic E-state index is 0.0637. The monoisotopic (exact) mass is 374 g/mol. The van der Waals surface area contributed by atoms with Crippen LogP contribution in [-0.2, 0) is 4.79 Å². The zero-order valence-electron chi connectivity index (χ0n) is 10.0. The molecule has 0 unspecified atom stereocenters. The number of amides is 1. The average molecular weight is 376 g/mol. The Morgan fingerprint density at radius 2 is 2.00 bits per heavy atom. The molecule has 2 rings (SSSR count). The molecule has 0 bridgehead atoms. The first-order valence-electron chi connectivity index (χ1n) is 6.13. The van der Waals surface area contributed by atoms with E-state index in [1.54, 1.807) is 0 Å². The van der Waals surface area contributed by atoms with E-state index in [0.29, 0.717) is 12.6 Å². The summed E-state index contributed by atoms with van der Waals surface area (Å²) >= 11 is 6.87. The third-order valence-electron chi connectivity index (χ3n) is 3.09. The number of halogens is 2. The van der Waals surface area contributed by atoms with Crippen molar-refractivity contribution in [2.75, 3.05) is 11.9 Å². The number of rotatable bonds is 4. The predicted octanol–water partition coefficient (Wildman–Crippen LogP) is 3.68. The molecule has 2 N–H and O–H groups in total. The average Bonchev–Trinajstić information content (AvgIpc) is 2.83. The Hall–Kier alpha value is -0.550. The highest BCUT2D eigenvalue weighted by Gasteiger charge is 2.16. The first kappa shape index (κ1) is 13.9. The van der Waals surface area contributed by atoms with Gasteiger partial charge in [0, 0.05) is 20.7 Å². The number of carbonyl (C=O) groups excluding carboxylic acids is 1. The highest BCUT2D eigenvalue weighted by molar-refractivity contribution is 9.11. The molecule has 0 saturated heterocycles. The Kier molecular flexibility index (Phi) is 5.06.